The predicted octanol–water partition coefficient (Wildman–Crippen LogP) is 3.64. The van der Waals surface area contributed by atoms with E-state index in [1.54, 1.807) is 11.3 Å². The minimum Gasteiger partial charge on any atom is -0.200 e. The molecule has 0 aliphatic rings. The molecular weight excluding hydrogens is 262 g/mol. The molecule has 0 atom stereocenters. The Hall–Kier alpha value is -2.37. The lowest BCUT2D eigenvalue weighted by molar-refractivity contribution is -0.660. The largest absolute Gasteiger partial charge is 0.222 e. The van der Waals surface area contributed by atoms with Gasteiger partial charge in [-0.05, 0) is 30.3 Å². The van der Waals surface area contributed by atoms with E-state index in [0.717, 1.165) is 10.4 Å². The van der Waals surface area contributed by atoms with Gasteiger partial charge in [0.25, 0.3) is 0 Å². The van der Waals surface area contributed by atoms with Crippen molar-refractivity contribution in [1.82, 2.24) is 0 Å². The van der Waals surface area contributed by atoms with Gasteiger partial charge >= 0.3 is 0 Å². The quantitative estimate of drug-likeness (QED) is 0.472. The number of nitrogens with zero attached hydrogens (tertiary/aromatic N) is 1. The highest BCUT2D eigenvalue weighted by molar-refractivity contribution is 7.15. The summed E-state index contributed by atoms with van der Waals surface area (Å²) >= 11 is 1.72. The van der Waals surface area contributed by atoms with Crippen molar-refractivity contribution in [2.24, 2.45) is 7.05 Å². The Morgan fingerprint density at radius 1 is 0.850 bits per heavy atom. The lowest BCUT2D eigenvalue weighted by Gasteiger charge is -1.94. The molecule has 1 aromatic carbocycles. The summed E-state index contributed by atoms with van der Waals surface area (Å²) < 4.78 is 2.13. The summed E-state index contributed by atoms with van der Waals surface area (Å²) in [6.45, 7) is 0. The summed E-state index contributed by atoms with van der Waals surface area (Å²) in [6, 6.07) is 20.5. The average molecular weight is 276 g/mol. The molecule has 0 aliphatic carbocycles. The number of pyridine rings is 1. The Labute approximate surface area is 123 Å². The Morgan fingerprint density at radius 2 is 1.65 bits per heavy atom. The summed E-state index contributed by atoms with van der Waals surface area (Å²) in [5.41, 5.74) is 2.26. The van der Waals surface area contributed by atoms with Gasteiger partial charge in [0.05, 0.1) is 9.75 Å². The van der Waals surface area contributed by atoms with Crippen molar-refractivity contribution in [3.8, 4) is 22.4 Å². The smallest absolute Gasteiger partial charge is 0.200 e. The van der Waals surface area contributed by atoms with Crippen molar-refractivity contribution in [1.29, 1.82) is 0 Å². The highest BCUT2D eigenvalue weighted by Gasteiger charge is 2.10. The molecule has 3 rings (SSSR count). The number of aromatic nitrogens is 1. The van der Waals surface area contributed by atoms with E-state index in [4.69, 9.17) is 0 Å². The molecule has 0 amide bonds. The summed E-state index contributed by atoms with van der Waals surface area (Å²) in [7, 11) is 2.06. The summed E-state index contributed by atoms with van der Waals surface area (Å²) in [5.74, 6) is 6.42. The van der Waals surface area contributed by atoms with Crippen LogP contribution in [-0.4, -0.2) is 0 Å². The van der Waals surface area contributed by atoms with Gasteiger partial charge in [0.15, 0.2) is 6.20 Å². The van der Waals surface area contributed by atoms with Crippen molar-refractivity contribution in [2.75, 3.05) is 0 Å². The molecule has 0 saturated carbocycles. The van der Waals surface area contributed by atoms with Crippen molar-refractivity contribution >= 4 is 11.3 Å². The van der Waals surface area contributed by atoms with E-state index in [9.17, 15) is 0 Å². The van der Waals surface area contributed by atoms with Gasteiger partial charge in [-0.25, -0.2) is 4.57 Å². The van der Waals surface area contributed by atoms with Gasteiger partial charge in [0, 0.05) is 17.7 Å². The van der Waals surface area contributed by atoms with Crippen LogP contribution in [0.1, 0.15) is 10.4 Å². The number of hydrogen-bond donors (Lipinski definition) is 0. The molecule has 0 saturated heterocycles. The summed E-state index contributed by atoms with van der Waals surface area (Å²) in [4.78, 5) is 2.33. The lowest BCUT2D eigenvalue weighted by atomic mass is 10.2. The number of benzene rings is 1. The van der Waals surface area contributed by atoms with Gasteiger partial charge in [0.2, 0.25) is 5.69 Å². The first-order valence-corrected chi connectivity index (χ1v) is 7.26. The number of aryl methyl sites for hydroxylation is 1. The van der Waals surface area contributed by atoms with Gasteiger partial charge in [-0.1, -0.05) is 30.0 Å². The van der Waals surface area contributed by atoms with Crippen LogP contribution in [0.3, 0.4) is 0 Å². The third-order valence-corrected chi connectivity index (χ3v) is 4.04. The Bertz CT molecular complexity index is 776. The van der Waals surface area contributed by atoms with E-state index in [1.807, 2.05) is 36.4 Å². The van der Waals surface area contributed by atoms with Gasteiger partial charge in [-0.15, -0.1) is 11.3 Å². The first-order chi connectivity index (χ1) is 9.83. The number of thiophene rings is 1. The maximum absolute atomic E-state index is 3.23. The maximum atomic E-state index is 3.23. The Kier molecular flexibility index (Phi) is 3.62. The van der Waals surface area contributed by atoms with E-state index in [-0.39, 0.29) is 0 Å². The fourth-order valence-electron chi connectivity index (χ4n) is 1.98. The fraction of sp³-hybridized carbons (Fsp3) is 0.0556. The molecule has 2 heterocycles. The standard InChI is InChI=1S/C18H14NS/c1-19-14-6-5-9-17(19)18-13-12-16(20-18)11-10-15-7-3-2-4-8-15/h2-9,12-14H,1H3/q+1. The minimum atomic E-state index is 1.05. The molecule has 0 bridgehead atoms. The van der Waals surface area contributed by atoms with Crippen LogP contribution in [0.2, 0.25) is 0 Å². The monoisotopic (exact) mass is 276 g/mol. The van der Waals surface area contributed by atoms with E-state index in [2.05, 4.69) is 53.9 Å². The zero-order valence-electron chi connectivity index (χ0n) is 11.2. The molecule has 20 heavy (non-hydrogen) atoms. The molecule has 96 valence electrons. The molecule has 0 N–H and O–H groups in total. The molecule has 0 spiro atoms. The first-order valence-electron chi connectivity index (χ1n) is 6.45. The van der Waals surface area contributed by atoms with Crippen molar-refractivity contribution in [2.45, 2.75) is 0 Å². The third-order valence-electron chi connectivity index (χ3n) is 3.02. The van der Waals surface area contributed by atoms with Crippen LogP contribution in [0, 0.1) is 11.8 Å². The summed E-state index contributed by atoms with van der Waals surface area (Å²) in [5, 5.41) is 0. The second-order valence-electron chi connectivity index (χ2n) is 4.48. The zero-order valence-corrected chi connectivity index (χ0v) is 12.0. The van der Waals surface area contributed by atoms with E-state index >= 15 is 0 Å². The van der Waals surface area contributed by atoms with Crippen LogP contribution < -0.4 is 4.57 Å². The number of hydrogen-bond acceptors (Lipinski definition) is 1. The number of rotatable bonds is 1. The molecular formula is C18H14NS+. The molecule has 2 heteroatoms. The van der Waals surface area contributed by atoms with Crippen molar-refractivity contribution < 1.29 is 4.57 Å². The predicted molar refractivity (Wildman–Crippen MR) is 83.4 cm³/mol. The first kappa shape index (κ1) is 12.7. The topological polar surface area (TPSA) is 3.88 Å². The lowest BCUT2D eigenvalue weighted by Crippen LogP contribution is -2.29. The highest BCUT2D eigenvalue weighted by Crippen LogP contribution is 2.24. The fourth-order valence-corrected chi connectivity index (χ4v) is 2.91. The van der Waals surface area contributed by atoms with Crippen LogP contribution in [0.4, 0.5) is 0 Å². The third kappa shape index (κ3) is 2.79. The van der Waals surface area contributed by atoms with E-state index < -0.39 is 0 Å². The van der Waals surface area contributed by atoms with Crippen molar-refractivity contribution in [3.05, 3.63) is 77.3 Å². The zero-order chi connectivity index (χ0) is 13.8. The van der Waals surface area contributed by atoms with Crippen LogP contribution in [0.5, 0.6) is 0 Å². The van der Waals surface area contributed by atoms with Gasteiger partial charge < -0.3 is 0 Å². The second kappa shape index (κ2) is 5.73. The Morgan fingerprint density at radius 3 is 2.45 bits per heavy atom. The van der Waals surface area contributed by atoms with Crippen LogP contribution in [-0.2, 0) is 7.05 Å². The van der Waals surface area contributed by atoms with Crippen LogP contribution >= 0.6 is 11.3 Å². The van der Waals surface area contributed by atoms with Gasteiger partial charge in [-0.3, -0.25) is 0 Å². The maximum Gasteiger partial charge on any atom is 0.222 e. The average Bonchev–Trinajstić information content (AvgIpc) is 2.95. The van der Waals surface area contributed by atoms with Gasteiger partial charge in [0.1, 0.15) is 7.05 Å². The van der Waals surface area contributed by atoms with Crippen LogP contribution in [0.25, 0.3) is 10.6 Å². The minimum absolute atomic E-state index is 1.05. The molecule has 0 radical (unpaired) electrons. The Balaban J connectivity index is 1.89. The summed E-state index contributed by atoms with van der Waals surface area (Å²) in [6.07, 6.45) is 2.06. The molecule has 0 aliphatic heterocycles. The highest BCUT2D eigenvalue weighted by atomic mass is 32.1. The van der Waals surface area contributed by atoms with Crippen molar-refractivity contribution in [3.63, 3.8) is 0 Å². The van der Waals surface area contributed by atoms with Crippen LogP contribution in [0.15, 0.2) is 66.9 Å². The van der Waals surface area contributed by atoms with E-state index in [1.165, 1.54) is 10.6 Å². The normalized spacial score (nSPS) is 9.85. The second-order valence-corrected chi connectivity index (χ2v) is 5.56. The SMILES string of the molecule is C[n+]1ccccc1-c1ccc(C#Cc2ccccc2)s1. The van der Waals surface area contributed by atoms with E-state index in [0.29, 0.717) is 0 Å². The van der Waals surface area contributed by atoms with Gasteiger partial charge in [-0.2, -0.15) is 0 Å². The molecule has 1 nitrogen and oxygen atoms in total. The molecule has 0 fully saturated rings. The molecule has 2 aromatic heterocycles. The molecule has 0 unspecified atom stereocenters. The molecule has 3 aromatic rings.